The fraction of sp³-hybridized carbons (Fsp3) is 0.273. The van der Waals surface area contributed by atoms with Crippen molar-refractivity contribution >= 4 is 52.5 Å². The molecule has 1 atom stereocenters. The lowest BCUT2D eigenvalue weighted by Crippen LogP contribution is -2.28. The van der Waals surface area contributed by atoms with Crippen LogP contribution in [0.25, 0.3) is 0 Å². The second kappa shape index (κ2) is 10.8. The molecule has 0 aliphatic heterocycles. The molecule has 1 aromatic heterocycles. The zero-order valence-corrected chi connectivity index (χ0v) is 20.2. The number of carbonyl (C=O) groups excluding carboxylic acids is 2. The van der Waals surface area contributed by atoms with Gasteiger partial charge >= 0.3 is 0 Å². The molecule has 2 aromatic carbocycles. The van der Waals surface area contributed by atoms with Crippen LogP contribution in [-0.4, -0.2) is 32.3 Å². The maximum absolute atomic E-state index is 12.5. The smallest absolute Gasteiger partial charge is 0.251 e. The van der Waals surface area contributed by atoms with Gasteiger partial charge in [-0.1, -0.05) is 35.0 Å². The molecule has 168 valence electrons. The lowest BCUT2D eigenvalue weighted by atomic mass is 10.2. The summed E-state index contributed by atoms with van der Waals surface area (Å²) in [7, 11) is 0. The molecular weight excluding hydrogens is 469 g/mol. The molecule has 2 amide bonds. The van der Waals surface area contributed by atoms with Gasteiger partial charge in [-0.15, -0.1) is 10.2 Å². The first-order valence-corrected chi connectivity index (χ1v) is 11.7. The summed E-state index contributed by atoms with van der Waals surface area (Å²) in [5.41, 5.74) is 2.11. The number of nitrogens with one attached hydrogen (secondary N) is 2. The van der Waals surface area contributed by atoms with Crippen LogP contribution in [0.4, 0.5) is 5.69 Å². The standard InChI is InChI=1S/C22H23Cl2N5O2S/c1-4-29-20(14(3)25-21(31)15-5-7-16(23)8-6-15)27-28-22(29)32-12-19(30)26-18-10-9-17(24)11-13(18)2/h5-11,14H,4,12H2,1-3H3,(H,25,31)(H,26,30)/t14-/m0/s1. The minimum absolute atomic E-state index is 0.156. The number of hydrogen-bond donors (Lipinski definition) is 2. The van der Waals surface area contributed by atoms with Crippen molar-refractivity contribution < 1.29 is 9.59 Å². The zero-order chi connectivity index (χ0) is 23.3. The van der Waals surface area contributed by atoms with Crippen molar-refractivity contribution in [3.63, 3.8) is 0 Å². The number of hydrogen-bond acceptors (Lipinski definition) is 5. The minimum atomic E-state index is -0.370. The lowest BCUT2D eigenvalue weighted by Gasteiger charge is -2.15. The normalized spacial score (nSPS) is 11.8. The van der Waals surface area contributed by atoms with Gasteiger partial charge < -0.3 is 15.2 Å². The molecule has 1 heterocycles. The van der Waals surface area contributed by atoms with Crippen molar-refractivity contribution in [2.45, 2.75) is 38.5 Å². The summed E-state index contributed by atoms with van der Waals surface area (Å²) in [6.07, 6.45) is 0. The van der Waals surface area contributed by atoms with Gasteiger partial charge in [-0.25, -0.2) is 0 Å². The lowest BCUT2D eigenvalue weighted by molar-refractivity contribution is -0.113. The number of benzene rings is 2. The highest BCUT2D eigenvalue weighted by atomic mass is 35.5. The van der Waals surface area contributed by atoms with Crippen LogP contribution >= 0.6 is 35.0 Å². The first kappa shape index (κ1) is 24.1. The summed E-state index contributed by atoms with van der Waals surface area (Å²) in [4.78, 5) is 24.9. The van der Waals surface area contributed by atoms with Gasteiger partial charge in [0.25, 0.3) is 5.91 Å². The summed E-state index contributed by atoms with van der Waals surface area (Å²) in [5.74, 6) is 0.404. The van der Waals surface area contributed by atoms with Crippen molar-refractivity contribution in [3.05, 3.63) is 69.5 Å². The zero-order valence-electron chi connectivity index (χ0n) is 17.9. The molecule has 2 N–H and O–H groups in total. The van der Waals surface area contributed by atoms with Gasteiger partial charge in [-0.05, 0) is 68.8 Å². The molecule has 0 unspecified atom stereocenters. The van der Waals surface area contributed by atoms with Crippen LogP contribution in [0, 0.1) is 6.92 Å². The van der Waals surface area contributed by atoms with Crippen LogP contribution in [0.3, 0.4) is 0 Å². The Balaban J connectivity index is 1.62. The largest absolute Gasteiger partial charge is 0.342 e. The Labute approximate surface area is 200 Å². The SMILES string of the molecule is CCn1c(SCC(=O)Nc2ccc(Cl)cc2C)nnc1[C@H](C)NC(=O)c1ccc(Cl)cc1. The molecule has 0 saturated heterocycles. The Hall–Kier alpha value is -2.55. The Morgan fingerprint density at radius 1 is 1.09 bits per heavy atom. The molecule has 0 aliphatic carbocycles. The van der Waals surface area contributed by atoms with E-state index in [1.165, 1.54) is 11.8 Å². The van der Waals surface area contributed by atoms with Crippen LogP contribution < -0.4 is 10.6 Å². The van der Waals surface area contributed by atoms with E-state index in [9.17, 15) is 9.59 Å². The molecule has 0 radical (unpaired) electrons. The Morgan fingerprint density at radius 2 is 1.78 bits per heavy atom. The highest BCUT2D eigenvalue weighted by molar-refractivity contribution is 7.99. The molecule has 10 heteroatoms. The number of anilines is 1. The highest BCUT2D eigenvalue weighted by Gasteiger charge is 2.20. The molecule has 0 aliphatic rings. The van der Waals surface area contributed by atoms with Gasteiger partial charge in [-0.2, -0.15) is 0 Å². The Bertz CT molecular complexity index is 1120. The van der Waals surface area contributed by atoms with Gasteiger partial charge in [0.15, 0.2) is 11.0 Å². The van der Waals surface area contributed by atoms with Crippen LogP contribution in [0.5, 0.6) is 0 Å². The van der Waals surface area contributed by atoms with E-state index in [0.717, 1.165) is 11.3 Å². The van der Waals surface area contributed by atoms with E-state index >= 15 is 0 Å². The second-order valence-electron chi connectivity index (χ2n) is 7.08. The molecule has 0 bridgehead atoms. The number of rotatable bonds is 8. The summed E-state index contributed by atoms with van der Waals surface area (Å²) >= 11 is 13.1. The average Bonchev–Trinajstić information content (AvgIpc) is 3.17. The number of thioether (sulfide) groups is 1. The maximum Gasteiger partial charge on any atom is 0.251 e. The third kappa shape index (κ3) is 6.03. The number of halogens is 2. The quantitative estimate of drug-likeness (QED) is 0.426. The summed E-state index contributed by atoms with van der Waals surface area (Å²) in [6.45, 7) is 6.29. The van der Waals surface area contributed by atoms with Gasteiger partial charge in [0, 0.05) is 27.8 Å². The number of carbonyl (C=O) groups is 2. The van der Waals surface area contributed by atoms with Crippen molar-refractivity contribution in [1.29, 1.82) is 0 Å². The first-order chi connectivity index (χ1) is 15.3. The number of aryl methyl sites for hydroxylation is 1. The molecule has 0 saturated carbocycles. The Kier molecular flexibility index (Phi) is 8.17. The van der Waals surface area contributed by atoms with Gasteiger partial charge in [-0.3, -0.25) is 9.59 Å². The van der Waals surface area contributed by atoms with E-state index in [0.29, 0.717) is 33.1 Å². The van der Waals surface area contributed by atoms with E-state index in [1.807, 2.05) is 25.3 Å². The molecule has 7 nitrogen and oxygen atoms in total. The second-order valence-corrected chi connectivity index (χ2v) is 8.90. The maximum atomic E-state index is 12.5. The van der Waals surface area contributed by atoms with E-state index in [-0.39, 0.29) is 23.6 Å². The monoisotopic (exact) mass is 491 g/mol. The van der Waals surface area contributed by atoms with Crippen LogP contribution in [0.1, 0.15) is 41.6 Å². The summed E-state index contributed by atoms with van der Waals surface area (Å²) in [6, 6.07) is 11.6. The van der Waals surface area contributed by atoms with Crippen molar-refractivity contribution in [2.75, 3.05) is 11.1 Å². The predicted octanol–water partition coefficient (Wildman–Crippen LogP) is 5.14. The average molecular weight is 492 g/mol. The molecule has 32 heavy (non-hydrogen) atoms. The fourth-order valence-electron chi connectivity index (χ4n) is 3.05. The summed E-state index contributed by atoms with van der Waals surface area (Å²) < 4.78 is 1.89. The molecule has 0 spiro atoms. The fourth-order valence-corrected chi connectivity index (χ4v) is 4.22. The number of amides is 2. The highest BCUT2D eigenvalue weighted by Crippen LogP contribution is 2.23. The summed E-state index contributed by atoms with van der Waals surface area (Å²) in [5, 5.41) is 16.1. The van der Waals surface area contributed by atoms with Gasteiger partial charge in [0.2, 0.25) is 5.91 Å². The van der Waals surface area contributed by atoms with Crippen LogP contribution in [0.15, 0.2) is 47.6 Å². The van der Waals surface area contributed by atoms with Crippen LogP contribution in [0.2, 0.25) is 10.0 Å². The third-order valence-corrected chi connectivity index (χ3v) is 6.15. The van der Waals surface area contributed by atoms with Crippen molar-refractivity contribution in [3.8, 4) is 0 Å². The molecule has 0 fully saturated rings. The topological polar surface area (TPSA) is 88.9 Å². The van der Waals surface area contributed by atoms with E-state index < -0.39 is 0 Å². The van der Waals surface area contributed by atoms with E-state index in [2.05, 4.69) is 20.8 Å². The van der Waals surface area contributed by atoms with Gasteiger partial charge in [0.05, 0.1) is 11.8 Å². The van der Waals surface area contributed by atoms with E-state index in [4.69, 9.17) is 23.2 Å². The first-order valence-electron chi connectivity index (χ1n) is 9.96. The number of aromatic nitrogens is 3. The van der Waals surface area contributed by atoms with Gasteiger partial charge in [0.1, 0.15) is 0 Å². The Morgan fingerprint density at radius 3 is 2.44 bits per heavy atom. The van der Waals surface area contributed by atoms with Crippen molar-refractivity contribution in [2.24, 2.45) is 0 Å². The molecular formula is C22H23Cl2N5O2S. The minimum Gasteiger partial charge on any atom is -0.342 e. The van der Waals surface area contributed by atoms with Crippen LogP contribution in [-0.2, 0) is 11.3 Å². The van der Waals surface area contributed by atoms with E-state index in [1.54, 1.807) is 42.5 Å². The predicted molar refractivity (Wildman–Crippen MR) is 129 cm³/mol. The van der Waals surface area contributed by atoms with Crippen molar-refractivity contribution in [1.82, 2.24) is 20.1 Å². The third-order valence-electron chi connectivity index (χ3n) is 4.70. The number of nitrogens with zero attached hydrogens (tertiary/aromatic N) is 3. The molecule has 3 rings (SSSR count). The molecule has 3 aromatic rings.